The van der Waals surface area contributed by atoms with Gasteiger partial charge in [-0.05, 0) is 61.4 Å². The van der Waals surface area contributed by atoms with Crippen molar-refractivity contribution in [3.05, 3.63) is 93.8 Å². The van der Waals surface area contributed by atoms with E-state index in [2.05, 4.69) is 26.1 Å². The van der Waals surface area contributed by atoms with Gasteiger partial charge in [-0.2, -0.15) is 9.39 Å². The molecule has 3 heterocycles. The summed E-state index contributed by atoms with van der Waals surface area (Å²) in [6, 6.07) is 19.7. The maximum absolute atomic E-state index is 12.8. The molecule has 34 heavy (non-hydrogen) atoms. The summed E-state index contributed by atoms with van der Waals surface area (Å²) in [6.45, 7) is 4.00. The van der Waals surface area contributed by atoms with Crippen molar-refractivity contribution in [2.24, 2.45) is 9.39 Å². The van der Waals surface area contributed by atoms with Crippen LogP contribution in [0.3, 0.4) is 0 Å². The van der Waals surface area contributed by atoms with Gasteiger partial charge in [-0.25, -0.2) is 4.90 Å². The summed E-state index contributed by atoms with van der Waals surface area (Å²) in [5, 5.41) is 10.6. The van der Waals surface area contributed by atoms with Crippen molar-refractivity contribution in [2.75, 3.05) is 0 Å². The lowest BCUT2D eigenvalue weighted by Gasteiger charge is -2.24. The van der Waals surface area contributed by atoms with Crippen molar-refractivity contribution in [2.45, 2.75) is 19.6 Å². The summed E-state index contributed by atoms with van der Waals surface area (Å²) in [4.78, 5) is 18.7. The van der Waals surface area contributed by atoms with Gasteiger partial charge < -0.3 is 4.57 Å². The molecule has 0 unspecified atom stereocenters. The number of halogens is 1. The predicted molar refractivity (Wildman–Crippen MR) is 143 cm³/mol. The minimum absolute atomic E-state index is 0.0932. The second kappa shape index (κ2) is 9.29. The molecule has 5 rings (SSSR count). The van der Waals surface area contributed by atoms with Crippen LogP contribution in [0.4, 0.5) is 0 Å². The van der Waals surface area contributed by atoms with Gasteiger partial charge in [-0.15, -0.1) is 0 Å². The molecule has 0 radical (unpaired) electrons. The second-order valence-electron chi connectivity index (χ2n) is 7.82. The molecular formula is C25H20ClN5OS2. The minimum Gasteiger partial charge on any atom is -0.318 e. The van der Waals surface area contributed by atoms with E-state index in [1.54, 1.807) is 11.0 Å². The number of hydrogen-bond donors (Lipinski definition) is 1. The first kappa shape index (κ1) is 22.7. The van der Waals surface area contributed by atoms with Crippen LogP contribution in [0.1, 0.15) is 22.5 Å². The van der Waals surface area contributed by atoms with Crippen molar-refractivity contribution in [3.63, 3.8) is 0 Å². The van der Waals surface area contributed by atoms with Crippen LogP contribution in [0, 0.1) is 19.3 Å². The zero-order valence-corrected chi connectivity index (χ0v) is 20.8. The van der Waals surface area contributed by atoms with E-state index in [1.807, 2.05) is 62.4 Å². The molecule has 0 bridgehead atoms. The monoisotopic (exact) mass is 505 g/mol. The summed E-state index contributed by atoms with van der Waals surface area (Å²) < 4.78 is 6.56. The van der Waals surface area contributed by atoms with Crippen molar-refractivity contribution in [1.82, 2.24) is 9.47 Å². The van der Waals surface area contributed by atoms with Crippen molar-refractivity contribution in [3.8, 4) is 5.69 Å². The summed E-state index contributed by atoms with van der Waals surface area (Å²) in [6.07, 6.45) is 1.75. The van der Waals surface area contributed by atoms with E-state index >= 15 is 0 Å². The molecule has 9 heteroatoms. The van der Waals surface area contributed by atoms with Gasteiger partial charge in [0.25, 0.3) is 5.91 Å². The summed E-state index contributed by atoms with van der Waals surface area (Å²) >= 11 is 8.71. The number of rotatable bonds is 4. The number of amidine groups is 3. The average Bonchev–Trinajstić information content (AvgIpc) is 3.36. The lowest BCUT2D eigenvalue weighted by atomic mass is 10.1. The number of hydrogen-bond acceptors (Lipinski definition) is 5. The average molecular weight is 506 g/mol. The molecule has 3 aromatic rings. The smallest absolute Gasteiger partial charge is 0.283 e. The number of aryl methyl sites for hydroxylation is 1. The van der Waals surface area contributed by atoms with E-state index in [1.165, 1.54) is 11.8 Å². The molecule has 2 aliphatic rings. The molecule has 2 aliphatic heterocycles. The number of nitrogens with zero attached hydrogens (tertiary/aromatic N) is 4. The standard InChI is InChI=1S/C25H20ClN5OS2/c1-15-12-18(16(2)30(15)20-10-8-19(26)9-11-20)13-21-22(27)31-24(28-23(21)32)34-29-25(31)33-14-17-6-4-3-5-7-17/h3-13,27H,14H2,1-2H3/b21-13+,27-22?. The fourth-order valence-electron chi connectivity index (χ4n) is 3.89. The van der Waals surface area contributed by atoms with Gasteiger partial charge in [-0.1, -0.05) is 53.7 Å². The van der Waals surface area contributed by atoms with Crippen molar-refractivity contribution in [1.29, 1.82) is 5.41 Å². The number of carbonyl (C=O) groups is 1. The van der Waals surface area contributed by atoms with Crippen LogP contribution < -0.4 is 0 Å². The first-order valence-electron chi connectivity index (χ1n) is 10.5. The number of aromatic nitrogens is 1. The molecular weight excluding hydrogens is 486 g/mol. The van der Waals surface area contributed by atoms with Crippen LogP contribution in [0.2, 0.25) is 5.02 Å². The molecule has 170 valence electrons. The van der Waals surface area contributed by atoms with Gasteiger partial charge in [0.15, 0.2) is 5.17 Å². The SMILES string of the molecule is Cc1cc(/C=C2\C(=N)N3C(SCc4ccccc4)=NSC3=NC2=O)c(C)n1-c1ccc(Cl)cc1. The normalized spacial score (nSPS) is 16.7. The Labute approximate surface area is 211 Å². The van der Waals surface area contributed by atoms with Crippen LogP contribution in [0.15, 0.2) is 75.6 Å². The summed E-state index contributed by atoms with van der Waals surface area (Å²) in [5.74, 6) is 0.382. The minimum atomic E-state index is -0.426. The molecule has 0 aliphatic carbocycles. The third-order valence-electron chi connectivity index (χ3n) is 5.56. The first-order valence-corrected chi connectivity index (χ1v) is 12.7. The summed E-state index contributed by atoms with van der Waals surface area (Å²) in [5.41, 5.74) is 5.23. The van der Waals surface area contributed by atoms with E-state index in [0.29, 0.717) is 21.1 Å². The van der Waals surface area contributed by atoms with Gasteiger partial charge in [-0.3, -0.25) is 10.2 Å². The molecule has 6 nitrogen and oxygen atoms in total. The molecule has 1 N–H and O–H groups in total. The maximum Gasteiger partial charge on any atom is 0.283 e. The fraction of sp³-hybridized carbons (Fsp3) is 0.120. The van der Waals surface area contributed by atoms with Crippen molar-refractivity contribution >= 4 is 63.5 Å². The molecule has 0 saturated heterocycles. The number of thioether (sulfide) groups is 1. The van der Waals surface area contributed by atoms with Crippen LogP contribution in [-0.2, 0) is 10.5 Å². The highest BCUT2D eigenvalue weighted by Gasteiger charge is 2.37. The first-order chi connectivity index (χ1) is 16.4. The quantitative estimate of drug-likeness (QED) is 0.335. The van der Waals surface area contributed by atoms with Crippen molar-refractivity contribution < 1.29 is 4.79 Å². The molecule has 1 aromatic heterocycles. The highest BCUT2D eigenvalue weighted by molar-refractivity contribution is 8.18. The Hall–Kier alpha value is -3.07. The number of nitrogens with one attached hydrogen (secondary N) is 1. The van der Waals surface area contributed by atoms with Crippen LogP contribution in [0.5, 0.6) is 0 Å². The van der Waals surface area contributed by atoms with Crippen LogP contribution >= 0.6 is 35.3 Å². The second-order valence-corrected chi connectivity index (χ2v) is 9.93. The van der Waals surface area contributed by atoms with Gasteiger partial charge in [0.2, 0.25) is 5.17 Å². The Balaban J connectivity index is 1.44. The Bertz CT molecular complexity index is 1390. The molecule has 1 amide bonds. The number of amides is 1. The lowest BCUT2D eigenvalue weighted by molar-refractivity contribution is -0.114. The third kappa shape index (κ3) is 4.24. The number of aliphatic imine (C=N–C) groups is 1. The molecule has 2 aromatic carbocycles. The zero-order valence-electron chi connectivity index (χ0n) is 18.4. The predicted octanol–water partition coefficient (Wildman–Crippen LogP) is 6.26. The molecule has 0 spiro atoms. The maximum atomic E-state index is 12.8. The van der Waals surface area contributed by atoms with Gasteiger partial charge >= 0.3 is 0 Å². The van der Waals surface area contributed by atoms with E-state index in [9.17, 15) is 4.79 Å². The van der Waals surface area contributed by atoms with Gasteiger partial charge in [0.1, 0.15) is 5.84 Å². The Kier molecular flexibility index (Phi) is 6.20. The molecule has 0 atom stereocenters. The number of fused-ring (bicyclic) bond motifs is 1. The lowest BCUT2D eigenvalue weighted by Crippen LogP contribution is -2.41. The van der Waals surface area contributed by atoms with Crippen LogP contribution in [-0.4, -0.2) is 31.5 Å². The Morgan fingerprint density at radius 2 is 1.85 bits per heavy atom. The Morgan fingerprint density at radius 3 is 2.59 bits per heavy atom. The fourth-order valence-corrected chi connectivity index (χ4v) is 5.82. The zero-order chi connectivity index (χ0) is 23.8. The highest BCUT2D eigenvalue weighted by Crippen LogP contribution is 2.33. The van der Waals surface area contributed by atoms with E-state index < -0.39 is 5.91 Å². The van der Waals surface area contributed by atoms with Gasteiger partial charge in [0.05, 0.1) is 17.5 Å². The largest absolute Gasteiger partial charge is 0.318 e. The third-order valence-corrected chi connectivity index (χ3v) is 7.64. The number of benzene rings is 2. The van der Waals surface area contributed by atoms with E-state index in [-0.39, 0.29) is 11.4 Å². The van der Waals surface area contributed by atoms with Crippen LogP contribution in [0.25, 0.3) is 11.8 Å². The van der Waals surface area contributed by atoms with E-state index in [4.69, 9.17) is 17.0 Å². The molecule has 0 saturated carbocycles. The highest BCUT2D eigenvalue weighted by atomic mass is 35.5. The number of carbonyl (C=O) groups excluding carboxylic acids is 1. The topological polar surface area (TPSA) is 73.8 Å². The molecule has 0 fully saturated rings. The Morgan fingerprint density at radius 1 is 1.12 bits per heavy atom. The van der Waals surface area contributed by atoms with Gasteiger partial charge in [0, 0.05) is 27.9 Å². The van der Waals surface area contributed by atoms with E-state index in [0.717, 1.165) is 40.2 Å². The summed E-state index contributed by atoms with van der Waals surface area (Å²) in [7, 11) is 0.